The topological polar surface area (TPSA) is 104 Å². The van der Waals surface area contributed by atoms with Crippen molar-refractivity contribution in [2.75, 3.05) is 26.2 Å². The van der Waals surface area contributed by atoms with E-state index in [-0.39, 0.29) is 35.5 Å². The highest BCUT2D eigenvalue weighted by atomic mass is 16.5. The summed E-state index contributed by atoms with van der Waals surface area (Å²) in [7, 11) is 0. The van der Waals surface area contributed by atoms with E-state index in [1.54, 1.807) is 12.2 Å². The van der Waals surface area contributed by atoms with Gasteiger partial charge in [-0.05, 0) is 69.2 Å². The number of hydrogen-bond acceptors (Lipinski definition) is 7. The third kappa shape index (κ3) is 3.80. The molecule has 0 radical (unpaired) electrons. The maximum Gasteiger partial charge on any atom is 0.320 e. The van der Waals surface area contributed by atoms with Crippen LogP contribution in [0.2, 0.25) is 0 Å². The highest BCUT2D eigenvalue weighted by molar-refractivity contribution is 6.01. The Morgan fingerprint density at radius 3 is 2.59 bits per heavy atom. The number of ketones is 2. The molecule has 7 atom stereocenters. The Morgan fingerprint density at radius 1 is 1.21 bits per heavy atom. The minimum absolute atomic E-state index is 0.00237. The largest absolute Gasteiger partial charge is 0.457 e. The van der Waals surface area contributed by atoms with E-state index in [0.717, 1.165) is 18.4 Å². The summed E-state index contributed by atoms with van der Waals surface area (Å²) in [6.45, 7) is 9.03. The highest BCUT2D eigenvalue weighted by Crippen LogP contribution is 2.67. The van der Waals surface area contributed by atoms with E-state index >= 15 is 0 Å². The third-order valence-corrected chi connectivity index (χ3v) is 9.72. The maximum atomic E-state index is 13.3. The molecule has 0 spiro atoms. The SMILES string of the molecule is CCN(CC)CC(=O)OCC(=O)[C@@]1(O)CC[C@H]2[C@@H]3CCC4=CC(=O)C=C[C@]4(C)[C@H]3[C@@H](O)C[C@@]21C. The lowest BCUT2D eigenvalue weighted by molar-refractivity contribution is -0.181. The average molecular weight is 474 g/mol. The van der Waals surface area contributed by atoms with Gasteiger partial charge in [0, 0.05) is 16.7 Å². The molecule has 0 amide bonds. The number of likely N-dealkylation sites (N-methyl/N-ethyl adjacent to an activating group) is 1. The molecule has 3 saturated carbocycles. The number of esters is 1. The molecule has 0 heterocycles. The lowest BCUT2D eigenvalue weighted by Gasteiger charge is -2.59. The first-order valence-corrected chi connectivity index (χ1v) is 12.8. The molecule has 2 N–H and O–H groups in total. The van der Waals surface area contributed by atoms with Crippen molar-refractivity contribution in [2.24, 2.45) is 28.6 Å². The number of fused-ring (bicyclic) bond motifs is 5. The van der Waals surface area contributed by atoms with Crippen LogP contribution in [0.1, 0.15) is 59.8 Å². The van der Waals surface area contributed by atoms with Crippen molar-refractivity contribution in [3.05, 3.63) is 23.8 Å². The Kier molecular flexibility index (Phi) is 6.68. The lowest BCUT2D eigenvalue weighted by atomic mass is 9.46. The zero-order chi connectivity index (χ0) is 24.9. The van der Waals surface area contributed by atoms with E-state index in [1.165, 1.54) is 0 Å². The standard InChI is InChI=1S/C27H39NO6/c1-5-28(6-2)15-23(32)34-16-22(31)27(33)12-10-20-19-8-7-17-13-18(29)9-11-25(17,3)24(19)21(30)14-26(20,27)4/h9,11,13,19-21,24,30,33H,5-8,10,12,14-16H2,1-4H3/t19-,20-,21-,24+,25-,26-,27-/m0/s1. The number of rotatable bonds is 7. The van der Waals surface area contributed by atoms with Crippen molar-refractivity contribution in [3.63, 3.8) is 0 Å². The average Bonchev–Trinajstić information content (AvgIpc) is 3.07. The van der Waals surface area contributed by atoms with Crippen LogP contribution < -0.4 is 0 Å². The fraction of sp³-hybridized carbons (Fsp3) is 0.741. The van der Waals surface area contributed by atoms with Crippen LogP contribution in [0.5, 0.6) is 0 Å². The number of ether oxygens (including phenoxy) is 1. The molecule has 188 valence electrons. The van der Waals surface area contributed by atoms with Gasteiger partial charge in [0.25, 0.3) is 0 Å². The predicted octanol–water partition coefficient (Wildman–Crippen LogP) is 2.45. The van der Waals surface area contributed by atoms with E-state index in [9.17, 15) is 24.6 Å². The Labute approximate surface area is 202 Å². The summed E-state index contributed by atoms with van der Waals surface area (Å²) < 4.78 is 5.27. The van der Waals surface area contributed by atoms with Crippen molar-refractivity contribution >= 4 is 17.5 Å². The van der Waals surface area contributed by atoms with Gasteiger partial charge in [-0.15, -0.1) is 0 Å². The minimum Gasteiger partial charge on any atom is -0.457 e. The summed E-state index contributed by atoms with van der Waals surface area (Å²) in [6.07, 6.45) is 7.48. The molecular formula is C27H39NO6. The fourth-order valence-electron chi connectivity index (χ4n) is 7.73. The number of carbonyl (C=O) groups excluding carboxylic acids is 3. The van der Waals surface area contributed by atoms with E-state index in [4.69, 9.17) is 4.74 Å². The second-order valence-corrected chi connectivity index (χ2v) is 11.2. The van der Waals surface area contributed by atoms with E-state index in [0.29, 0.717) is 32.4 Å². The fourth-order valence-corrected chi connectivity index (χ4v) is 7.73. The molecule has 4 aliphatic rings. The Hall–Kier alpha value is -1.83. The molecule has 34 heavy (non-hydrogen) atoms. The predicted molar refractivity (Wildman–Crippen MR) is 127 cm³/mol. The zero-order valence-electron chi connectivity index (χ0n) is 20.9. The first-order chi connectivity index (χ1) is 16.0. The molecule has 0 unspecified atom stereocenters. The number of aliphatic hydroxyl groups is 2. The summed E-state index contributed by atoms with van der Waals surface area (Å²) in [6, 6.07) is 0. The molecule has 0 aromatic carbocycles. The summed E-state index contributed by atoms with van der Waals surface area (Å²) in [5.74, 6) is -0.785. The zero-order valence-corrected chi connectivity index (χ0v) is 20.9. The summed E-state index contributed by atoms with van der Waals surface area (Å²) >= 11 is 0. The number of hydrogen-bond donors (Lipinski definition) is 2. The van der Waals surface area contributed by atoms with Gasteiger partial charge in [-0.1, -0.05) is 39.3 Å². The van der Waals surface area contributed by atoms with Crippen LogP contribution in [0.4, 0.5) is 0 Å². The van der Waals surface area contributed by atoms with Gasteiger partial charge in [-0.3, -0.25) is 19.3 Å². The third-order valence-electron chi connectivity index (χ3n) is 9.72. The van der Waals surface area contributed by atoms with Gasteiger partial charge in [0.2, 0.25) is 5.78 Å². The molecule has 3 fully saturated rings. The van der Waals surface area contributed by atoms with Crippen LogP contribution in [-0.4, -0.2) is 70.6 Å². The summed E-state index contributed by atoms with van der Waals surface area (Å²) in [4.78, 5) is 39.4. The van der Waals surface area contributed by atoms with Gasteiger partial charge in [-0.2, -0.15) is 0 Å². The monoisotopic (exact) mass is 473 g/mol. The van der Waals surface area contributed by atoms with E-state index in [2.05, 4.69) is 6.92 Å². The van der Waals surface area contributed by atoms with Gasteiger partial charge in [0.15, 0.2) is 12.4 Å². The Morgan fingerprint density at radius 2 is 1.91 bits per heavy atom. The first-order valence-electron chi connectivity index (χ1n) is 12.8. The molecule has 7 nitrogen and oxygen atoms in total. The van der Waals surface area contributed by atoms with Crippen molar-refractivity contribution in [2.45, 2.75) is 71.5 Å². The van der Waals surface area contributed by atoms with Crippen LogP contribution >= 0.6 is 0 Å². The van der Waals surface area contributed by atoms with E-state index < -0.39 is 35.5 Å². The molecule has 0 aromatic rings. The van der Waals surface area contributed by atoms with Crippen LogP contribution in [0.25, 0.3) is 0 Å². The van der Waals surface area contributed by atoms with Gasteiger partial charge >= 0.3 is 5.97 Å². The van der Waals surface area contributed by atoms with Crippen LogP contribution in [0, 0.1) is 28.6 Å². The molecule has 4 rings (SSSR count). The number of Topliss-reactive ketones (excluding diaryl/α,β-unsaturated/α-hetero) is 1. The van der Waals surface area contributed by atoms with Gasteiger partial charge in [0.1, 0.15) is 5.60 Å². The molecule has 0 bridgehead atoms. The van der Waals surface area contributed by atoms with Gasteiger partial charge in [-0.25, -0.2) is 0 Å². The van der Waals surface area contributed by atoms with E-state index in [1.807, 2.05) is 31.7 Å². The minimum atomic E-state index is -1.63. The highest BCUT2D eigenvalue weighted by Gasteiger charge is 2.68. The molecule has 0 aliphatic heterocycles. The quantitative estimate of drug-likeness (QED) is 0.547. The molecule has 7 heteroatoms. The molecular weight excluding hydrogens is 434 g/mol. The smallest absolute Gasteiger partial charge is 0.320 e. The molecule has 4 aliphatic carbocycles. The van der Waals surface area contributed by atoms with Crippen molar-refractivity contribution in [1.82, 2.24) is 4.90 Å². The number of carbonyl (C=O) groups is 3. The second kappa shape index (κ2) is 8.99. The summed E-state index contributed by atoms with van der Waals surface area (Å²) in [5.41, 5.74) is -1.73. The van der Waals surface area contributed by atoms with Crippen LogP contribution in [-0.2, 0) is 19.1 Å². The number of aliphatic hydroxyl groups excluding tert-OH is 1. The van der Waals surface area contributed by atoms with Crippen LogP contribution in [0.3, 0.4) is 0 Å². The normalized spacial score (nSPS) is 40.9. The van der Waals surface area contributed by atoms with Crippen molar-refractivity contribution in [3.8, 4) is 0 Å². The lowest BCUT2D eigenvalue weighted by Crippen LogP contribution is -2.61. The molecule has 0 aromatic heterocycles. The number of nitrogens with zero attached hydrogens (tertiary/aromatic N) is 1. The van der Waals surface area contributed by atoms with Crippen molar-refractivity contribution in [1.29, 1.82) is 0 Å². The summed E-state index contributed by atoms with van der Waals surface area (Å²) in [5, 5.41) is 23.1. The van der Waals surface area contributed by atoms with Crippen LogP contribution in [0.15, 0.2) is 23.8 Å². The number of allylic oxidation sites excluding steroid dienone is 4. The van der Waals surface area contributed by atoms with Gasteiger partial charge < -0.3 is 14.9 Å². The second-order valence-electron chi connectivity index (χ2n) is 11.2. The Bertz CT molecular complexity index is 922. The first kappa shape index (κ1) is 25.3. The van der Waals surface area contributed by atoms with Gasteiger partial charge in [0.05, 0.1) is 12.6 Å². The Balaban J connectivity index is 1.52. The molecule has 0 saturated heterocycles. The maximum absolute atomic E-state index is 13.3. The van der Waals surface area contributed by atoms with Crippen molar-refractivity contribution < 1.29 is 29.3 Å².